The largest absolute Gasteiger partial charge is 0.355 e. The number of hydrogen-bond acceptors (Lipinski definition) is 3. The van der Waals surface area contributed by atoms with E-state index in [1.54, 1.807) is 0 Å². The maximum absolute atomic E-state index is 11.7. The van der Waals surface area contributed by atoms with Crippen LogP contribution in [-0.4, -0.2) is 24.0 Å². The molecule has 1 aliphatic rings. The molecule has 4 heteroatoms. The van der Waals surface area contributed by atoms with E-state index in [1.807, 2.05) is 0 Å². The molecule has 0 aromatic rings. The second-order valence-corrected chi connectivity index (χ2v) is 3.73. The minimum absolute atomic E-state index is 0.343. The van der Waals surface area contributed by atoms with Gasteiger partial charge in [0.15, 0.2) is 17.0 Å². The Morgan fingerprint density at radius 1 is 1.21 bits per heavy atom. The number of rotatable bonds is 2. The summed E-state index contributed by atoms with van der Waals surface area (Å²) in [6.07, 6.45) is 1.91. The summed E-state index contributed by atoms with van der Waals surface area (Å²) < 4.78 is 0. The van der Waals surface area contributed by atoms with Crippen molar-refractivity contribution in [2.45, 2.75) is 33.1 Å². The maximum Gasteiger partial charge on any atom is 0.241 e. The number of hydrogen-bond donors (Lipinski definition) is 1. The van der Waals surface area contributed by atoms with E-state index < -0.39 is 11.3 Å². The van der Waals surface area contributed by atoms with Gasteiger partial charge in [-0.25, -0.2) is 0 Å². The Morgan fingerprint density at radius 2 is 1.79 bits per heavy atom. The van der Waals surface area contributed by atoms with Crippen molar-refractivity contribution in [3.8, 4) is 0 Å². The van der Waals surface area contributed by atoms with Gasteiger partial charge in [-0.05, 0) is 33.1 Å². The van der Waals surface area contributed by atoms with Gasteiger partial charge in [-0.15, -0.1) is 0 Å². The van der Waals surface area contributed by atoms with Crippen LogP contribution in [0.1, 0.15) is 33.1 Å². The molecule has 0 aromatic carbocycles. The second-order valence-electron chi connectivity index (χ2n) is 3.73. The van der Waals surface area contributed by atoms with Crippen LogP contribution in [0.25, 0.3) is 0 Å². The molecule has 4 nitrogen and oxygen atoms in total. The third kappa shape index (κ3) is 1.56. The van der Waals surface area contributed by atoms with E-state index in [4.69, 9.17) is 0 Å². The fraction of sp³-hybridized carbons (Fsp3) is 0.700. The lowest BCUT2D eigenvalue weighted by Gasteiger charge is -2.24. The summed E-state index contributed by atoms with van der Waals surface area (Å²) in [4.78, 5) is 34.6. The Morgan fingerprint density at radius 3 is 2.29 bits per heavy atom. The Kier molecular flexibility index (Phi) is 3.03. The number of amides is 1. The molecule has 1 saturated heterocycles. The first-order valence-electron chi connectivity index (χ1n) is 4.82. The van der Waals surface area contributed by atoms with Crippen molar-refractivity contribution < 1.29 is 14.4 Å². The molecule has 1 rings (SSSR count). The normalized spacial score (nSPS) is 20.9. The van der Waals surface area contributed by atoms with E-state index in [9.17, 15) is 14.4 Å². The molecule has 0 aromatic heterocycles. The average molecular weight is 197 g/mol. The molecule has 1 fully saturated rings. The highest BCUT2D eigenvalue weighted by atomic mass is 16.2. The molecule has 0 unspecified atom stereocenters. The zero-order valence-corrected chi connectivity index (χ0v) is 8.55. The second kappa shape index (κ2) is 3.90. The maximum atomic E-state index is 11.7. The predicted molar refractivity (Wildman–Crippen MR) is 50.7 cm³/mol. The lowest BCUT2D eigenvalue weighted by Crippen LogP contribution is -2.49. The fourth-order valence-electron chi connectivity index (χ4n) is 1.90. The zero-order chi connectivity index (χ0) is 10.8. The van der Waals surface area contributed by atoms with Gasteiger partial charge in [0, 0.05) is 6.54 Å². The fourth-order valence-corrected chi connectivity index (χ4v) is 1.90. The quantitative estimate of drug-likeness (QED) is 0.654. The van der Waals surface area contributed by atoms with E-state index in [0.717, 1.165) is 12.8 Å². The highest BCUT2D eigenvalue weighted by Gasteiger charge is 2.47. The first-order chi connectivity index (χ1) is 6.51. The van der Waals surface area contributed by atoms with Gasteiger partial charge in [0.1, 0.15) is 0 Å². The monoisotopic (exact) mass is 197 g/mol. The van der Waals surface area contributed by atoms with Crippen molar-refractivity contribution in [1.29, 1.82) is 0 Å². The van der Waals surface area contributed by atoms with Crippen LogP contribution < -0.4 is 5.32 Å². The third-order valence-corrected chi connectivity index (χ3v) is 2.85. The number of nitrogens with one attached hydrogen (secondary N) is 1. The molecule has 78 valence electrons. The molecular weight excluding hydrogens is 182 g/mol. The van der Waals surface area contributed by atoms with Crippen LogP contribution in [0, 0.1) is 5.41 Å². The Hall–Kier alpha value is -1.19. The Balaban J connectivity index is 3.10. The SMILES string of the molecule is CC(=O)C1(C(C)=O)CCCCNC1=O. The van der Waals surface area contributed by atoms with Gasteiger partial charge >= 0.3 is 0 Å². The summed E-state index contributed by atoms with van der Waals surface area (Å²) in [7, 11) is 0. The first-order valence-corrected chi connectivity index (χ1v) is 4.82. The molecule has 0 atom stereocenters. The van der Waals surface area contributed by atoms with E-state index >= 15 is 0 Å². The molecule has 1 heterocycles. The molecule has 0 saturated carbocycles. The lowest BCUT2D eigenvalue weighted by atomic mass is 9.76. The van der Waals surface area contributed by atoms with Crippen LogP contribution in [0.4, 0.5) is 0 Å². The van der Waals surface area contributed by atoms with Crippen molar-refractivity contribution in [1.82, 2.24) is 5.32 Å². The molecule has 0 aliphatic carbocycles. The average Bonchev–Trinajstić information content (AvgIpc) is 2.27. The van der Waals surface area contributed by atoms with Crippen LogP contribution in [-0.2, 0) is 14.4 Å². The van der Waals surface area contributed by atoms with Gasteiger partial charge in [0.05, 0.1) is 0 Å². The van der Waals surface area contributed by atoms with Gasteiger partial charge in [-0.3, -0.25) is 14.4 Å². The molecule has 1 amide bonds. The van der Waals surface area contributed by atoms with Gasteiger partial charge in [0.2, 0.25) is 5.91 Å². The summed E-state index contributed by atoms with van der Waals surface area (Å²) in [6, 6.07) is 0. The number of carbonyl (C=O) groups excluding carboxylic acids is 3. The smallest absolute Gasteiger partial charge is 0.241 e. The van der Waals surface area contributed by atoms with Crippen molar-refractivity contribution in [3.63, 3.8) is 0 Å². The first kappa shape index (κ1) is 10.9. The molecule has 1 N–H and O–H groups in total. The molecule has 0 radical (unpaired) electrons. The van der Waals surface area contributed by atoms with Crippen LogP contribution in [0.3, 0.4) is 0 Å². The van der Waals surface area contributed by atoms with Crippen molar-refractivity contribution in [3.05, 3.63) is 0 Å². The van der Waals surface area contributed by atoms with Crippen LogP contribution in [0.2, 0.25) is 0 Å². The number of carbonyl (C=O) groups is 3. The van der Waals surface area contributed by atoms with E-state index in [1.165, 1.54) is 13.8 Å². The van der Waals surface area contributed by atoms with Crippen LogP contribution >= 0.6 is 0 Å². The van der Waals surface area contributed by atoms with Gasteiger partial charge in [-0.2, -0.15) is 0 Å². The van der Waals surface area contributed by atoms with E-state index in [0.29, 0.717) is 13.0 Å². The standard InChI is InChI=1S/C10H15NO3/c1-7(12)10(8(2)13)5-3-4-6-11-9(10)14/h3-6H2,1-2H3,(H,11,14). The van der Waals surface area contributed by atoms with Crippen molar-refractivity contribution >= 4 is 17.5 Å². The van der Waals surface area contributed by atoms with Crippen molar-refractivity contribution in [2.75, 3.05) is 6.54 Å². The summed E-state index contributed by atoms with van der Waals surface area (Å²) in [5, 5.41) is 2.62. The lowest BCUT2D eigenvalue weighted by molar-refractivity contribution is -0.148. The molecule has 0 bridgehead atoms. The Labute approximate surface area is 83.1 Å². The number of ketones is 2. The summed E-state index contributed by atoms with van der Waals surface area (Å²) >= 11 is 0. The van der Waals surface area contributed by atoms with Crippen molar-refractivity contribution in [2.24, 2.45) is 5.41 Å². The summed E-state index contributed by atoms with van der Waals surface area (Å²) in [5.41, 5.74) is -1.41. The number of Topliss-reactive ketones (excluding diaryl/α,β-unsaturated/α-hetero) is 2. The Bertz CT molecular complexity index is 269. The van der Waals surface area contributed by atoms with E-state index in [2.05, 4.69) is 5.32 Å². The summed E-state index contributed by atoms with van der Waals surface area (Å²) in [5.74, 6) is -1.11. The predicted octanol–water partition coefficient (Wildman–Crippen LogP) is 0.451. The minimum atomic E-state index is -1.41. The third-order valence-electron chi connectivity index (χ3n) is 2.85. The van der Waals surface area contributed by atoms with Crippen LogP contribution in [0.15, 0.2) is 0 Å². The van der Waals surface area contributed by atoms with Gasteiger partial charge < -0.3 is 5.32 Å². The highest BCUT2D eigenvalue weighted by molar-refractivity contribution is 6.22. The van der Waals surface area contributed by atoms with Crippen LogP contribution in [0.5, 0.6) is 0 Å². The van der Waals surface area contributed by atoms with Gasteiger partial charge in [-0.1, -0.05) is 0 Å². The summed E-state index contributed by atoms with van der Waals surface area (Å²) in [6.45, 7) is 3.18. The molecule has 1 aliphatic heterocycles. The molecule has 0 spiro atoms. The highest BCUT2D eigenvalue weighted by Crippen LogP contribution is 2.29. The zero-order valence-electron chi connectivity index (χ0n) is 8.55. The van der Waals surface area contributed by atoms with Gasteiger partial charge in [0.25, 0.3) is 0 Å². The molecule has 14 heavy (non-hydrogen) atoms. The molecular formula is C10H15NO3. The van der Waals surface area contributed by atoms with E-state index in [-0.39, 0.29) is 11.6 Å². The minimum Gasteiger partial charge on any atom is -0.355 e. The topological polar surface area (TPSA) is 63.2 Å².